The van der Waals surface area contributed by atoms with E-state index in [9.17, 15) is 4.79 Å². The second-order valence-corrected chi connectivity index (χ2v) is 6.37. The highest BCUT2D eigenvalue weighted by Crippen LogP contribution is 2.35. The van der Waals surface area contributed by atoms with Gasteiger partial charge in [-0.1, -0.05) is 5.16 Å². The van der Waals surface area contributed by atoms with Crippen molar-refractivity contribution in [3.8, 4) is 0 Å². The first kappa shape index (κ1) is 14.1. The molecule has 112 valence electrons. The number of tetrazole rings is 1. The van der Waals surface area contributed by atoms with Crippen molar-refractivity contribution in [3.05, 3.63) is 17.7 Å². The second-order valence-electron chi connectivity index (χ2n) is 5.04. The number of amides is 1. The Labute approximate surface area is 125 Å². The summed E-state index contributed by atoms with van der Waals surface area (Å²) < 4.78 is 6.77. The maximum Gasteiger partial charge on any atom is 0.238 e. The molecule has 9 heteroatoms. The number of hydrogen-bond donors (Lipinski definition) is 1. The van der Waals surface area contributed by atoms with Crippen molar-refractivity contribution in [2.45, 2.75) is 43.7 Å². The molecule has 1 atom stereocenters. The quantitative estimate of drug-likeness (QED) is 0.864. The smallest absolute Gasteiger partial charge is 0.238 e. The van der Waals surface area contributed by atoms with Gasteiger partial charge >= 0.3 is 0 Å². The minimum atomic E-state index is -0.230. The van der Waals surface area contributed by atoms with Crippen LogP contribution in [0.2, 0.25) is 0 Å². The Morgan fingerprint density at radius 3 is 3.10 bits per heavy atom. The van der Waals surface area contributed by atoms with Gasteiger partial charge in [-0.25, -0.2) is 4.68 Å². The molecule has 1 fully saturated rings. The Kier molecular flexibility index (Phi) is 3.91. The van der Waals surface area contributed by atoms with Gasteiger partial charge in [0.25, 0.3) is 0 Å². The molecule has 0 bridgehead atoms. The van der Waals surface area contributed by atoms with Crippen LogP contribution >= 0.6 is 11.8 Å². The molecule has 0 spiro atoms. The van der Waals surface area contributed by atoms with Crippen molar-refractivity contribution in [1.29, 1.82) is 0 Å². The first-order valence-corrected chi connectivity index (χ1v) is 7.81. The lowest BCUT2D eigenvalue weighted by atomic mass is 10.4. The van der Waals surface area contributed by atoms with Crippen molar-refractivity contribution in [1.82, 2.24) is 25.4 Å². The molecule has 3 rings (SSSR count). The number of carbonyl (C=O) groups is 1. The lowest BCUT2D eigenvalue weighted by Crippen LogP contribution is -2.23. The SMILES string of the molecule is Cc1cc(NC(=O)[C@H](C)SCc2nnnn2C2CC2)no1. The minimum Gasteiger partial charge on any atom is -0.360 e. The summed E-state index contributed by atoms with van der Waals surface area (Å²) in [7, 11) is 0. The van der Waals surface area contributed by atoms with Gasteiger partial charge in [-0.3, -0.25) is 4.79 Å². The Morgan fingerprint density at radius 1 is 1.62 bits per heavy atom. The van der Waals surface area contributed by atoms with Crippen molar-refractivity contribution in [3.63, 3.8) is 0 Å². The summed E-state index contributed by atoms with van der Waals surface area (Å²) in [6, 6.07) is 2.13. The van der Waals surface area contributed by atoms with Crippen LogP contribution in [0.15, 0.2) is 10.6 Å². The maximum absolute atomic E-state index is 12.0. The molecular formula is C12H16N6O2S. The number of rotatable bonds is 6. The number of nitrogens with zero attached hydrogens (tertiary/aromatic N) is 5. The lowest BCUT2D eigenvalue weighted by molar-refractivity contribution is -0.115. The fourth-order valence-electron chi connectivity index (χ4n) is 1.84. The third-order valence-electron chi connectivity index (χ3n) is 3.16. The van der Waals surface area contributed by atoms with Gasteiger partial charge in [0.1, 0.15) is 5.76 Å². The summed E-state index contributed by atoms with van der Waals surface area (Å²) in [5.74, 6) is 2.41. The molecule has 21 heavy (non-hydrogen) atoms. The summed E-state index contributed by atoms with van der Waals surface area (Å²) in [6.45, 7) is 3.62. The van der Waals surface area contributed by atoms with Gasteiger partial charge in [-0.2, -0.15) is 0 Å². The summed E-state index contributed by atoms with van der Waals surface area (Å²) in [5.41, 5.74) is 0. The van der Waals surface area contributed by atoms with Crippen LogP contribution in [0.3, 0.4) is 0 Å². The Morgan fingerprint density at radius 2 is 2.43 bits per heavy atom. The summed E-state index contributed by atoms with van der Waals surface area (Å²) in [6.07, 6.45) is 2.26. The summed E-state index contributed by atoms with van der Waals surface area (Å²) in [4.78, 5) is 12.0. The van der Waals surface area contributed by atoms with Crippen LogP contribution in [0, 0.1) is 6.92 Å². The normalized spacial score (nSPS) is 15.9. The fourth-order valence-corrected chi connectivity index (χ4v) is 2.64. The van der Waals surface area contributed by atoms with Gasteiger partial charge in [0, 0.05) is 6.07 Å². The topological polar surface area (TPSA) is 98.7 Å². The van der Waals surface area contributed by atoms with Crippen LogP contribution in [0.25, 0.3) is 0 Å². The molecule has 1 aliphatic carbocycles. The van der Waals surface area contributed by atoms with Crippen LogP contribution in [0.5, 0.6) is 0 Å². The van der Waals surface area contributed by atoms with Crippen molar-refractivity contribution >= 4 is 23.5 Å². The average Bonchev–Trinajstić information content (AvgIpc) is 3.06. The Hall–Kier alpha value is -1.90. The van der Waals surface area contributed by atoms with Crippen LogP contribution in [0.4, 0.5) is 5.82 Å². The standard InChI is InChI=1S/C12H16N6O2S/c1-7-5-10(15-20-7)13-12(19)8(2)21-6-11-14-16-17-18(11)9-3-4-9/h5,8-9H,3-4,6H2,1-2H3,(H,13,15,19)/t8-/m0/s1. The number of carbonyl (C=O) groups excluding carboxylic acids is 1. The first-order valence-electron chi connectivity index (χ1n) is 6.76. The van der Waals surface area contributed by atoms with Crippen molar-refractivity contribution in [2.24, 2.45) is 0 Å². The molecule has 0 aromatic carbocycles. The van der Waals surface area contributed by atoms with E-state index >= 15 is 0 Å². The van der Waals surface area contributed by atoms with Gasteiger partial charge in [0.15, 0.2) is 11.6 Å². The molecule has 2 heterocycles. The molecular weight excluding hydrogens is 292 g/mol. The van der Waals surface area contributed by atoms with Gasteiger partial charge < -0.3 is 9.84 Å². The molecule has 1 saturated carbocycles. The predicted octanol–water partition coefficient (Wildman–Crippen LogP) is 1.56. The van der Waals surface area contributed by atoms with Crippen LogP contribution in [0.1, 0.15) is 37.4 Å². The highest BCUT2D eigenvalue weighted by molar-refractivity contribution is 7.99. The zero-order chi connectivity index (χ0) is 14.8. The zero-order valence-corrected chi connectivity index (χ0v) is 12.6. The number of thioether (sulfide) groups is 1. The maximum atomic E-state index is 12.0. The Bertz CT molecular complexity index is 635. The summed E-state index contributed by atoms with van der Waals surface area (Å²) >= 11 is 1.49. The number of aromatic nitrogens is 5. The molecule has 0 radical (unpaired) electrons. The van der Waals surface area contributed by atoms with E-state index in [1.54, 1.807) is 13.0 Å². The van der Waals surface area contributed by atoms with Crippen molar-refractivity contribution in [2.75, 3.05) is 5.32 Å². The number of anilines is 1. The lowest BCUT2D eigenvalue weighted by Gasteiger charge is -2.10. The molecule has 1 N–H and O–H groups in total. The van der Waals surface area contributed by atoms with Gasteiger partial charge in [0.2, 0.25) is 5.91 Å². The Balaban J connectivity index is 1.52. The van der Waals surface area contributed by atoms with E-state index < -0.39 is 0 Å². The largest absolute Gasteiger partial charge is 0.360 e. The molecule has 1 aliphatic rings. The highest BCUT2D eigenvalue weighted by Gasteiger charge is 2.28. The molecule has 1 amide bonds. The number of hydrogen-bond acceptors (Lipinski definition) is 7. The third kappa shape index (κ3) is 3.41. The van der Waals surface area contributed by atoms with Gasteiger partial charge in [-0.05, 0) is 37.1 Å². The van der Waals surface area contributed by atoms with E-state index in [2.05, 4.69) is 26.0 Å². The molecule has 0 unspecified atom stereocenters. The molecule has 2 aromatic heterocycles. The van der Waals surface area contributed by atoms with E-state index in [-0.39, 0.29) is 11.2 Å². The fraction of sp³-hybridized carbons (Fsp3) is 0.583. The predicted molar refractivity (Wildman–Crippen MR) is 76.7 cm³/mol. The van der Waals surface area contributed by atoms with Crippen LogP contribution < -0.4 is 5.32 Å². The zero-order valence-electron chi connectivity index (χ0n) is 11.8. The van der Waals surface area contributed by atoms with Gasteiger partial charge in [0.05, 0.1) is 17.0 Å². The number of aryl methyl sites for hydroxylation is 1. The average molecular weight is 308 g/mol. The minimum absolute atomic E-state index is 0.112. The molecule has 8 nitrogen and oxygen atoms in total. The number of nitrogens with one attached hydrogen (secondary N) is 1. The van der Waals surface area contributed by atoms with Crippen LogP contribution in [-0.4, -0.2) is 36.5 Å². The van der Waals surface area contributed by atoms with Gasteiger partial charge in [-0.15, -0.1) is 16.9 Å². The van der Waals surface area contributed by atoms with Crippen LogP contribution in [-0.2, 0) is 10.5 Å². The first-order chi connectivity index (χ1) is 10.1. The van der Waals surface area contributed by atoms with E-state index in [1.807, 2.05) is 11.6 Å². The third-order valence-corrected chi connectivity index (χ3v) is 4.30. The van der Waals surface area contributed by atoms with E-state index in [0.717, 1.165) is 18.7 Å². The molecule has 2 aromatic rings. The summed E-state index contributed by atoms with van der Waals surface area (Å²) in [5, 5.41) is 17.9. The second kappa shape index (κ2) is 5.84. The molecule has 0 aliphatic heterocycles. The van der Waals surface area contributed by atoms with Crippen molar-refractivity contribution < 1.29 is 9.32 Å². The molecule has 0 saturated heterocycles. The monoisotopic (exact) mass is 308 g/mol. The highest BCUT2D eigenvalue weighted by atomic mass is 32.2. The van der Waals surface area contributed by atoms with E-state index in [0.29, 0.717) is 23.4 Å². The van der Waals surface area contributed by atoms with E-state index in [4.69, 9.17) is 4.52 Å². The van der Waals surface area contributed by atoms with E-state index in [1.165, 1.54) is 11.8 Å².